The van der Waals surface area contributed by atoms with E-state index in [1.807, 2.05) is 31.4 Å². The van der Waals surface area contributed by atoms with E-state index in [0.717, 1.165) is 9.56 Å². The van der Waals surface area contributed by atoms with Gasteiger partial charge >= 0.3 is 5.97 Å². The predicted molar refractivity (Wildman–Crippen MR) is 77.0 cm³/mol. The fraction of sp³-hybridized carbons (Fsp3) is 0.385. The van der Waals surface area contributed by atoms with E-state index in [1.54, 1.807) is 16.2 Å². The first kappa shape index (κ1) is 15.2. The lowest BCUT2D eigenvalue weighted by Gasteiger charge is -2.25. The lowest BCUT2D eigenvalue weighted by Crippen LogP contribution is -2.36. The molecule has 2 aromatic rings. The number of carboxylic acids is 1. The van der Waals surface area contributed by atoms with E-state index in [0.29, 0.717) is 6.54 Å². The van der Waals surface area contributed by atoms with E-state index in [-0.39, 0.29) is 24.2 Å². The van der Waals surface area contributed by atoms with Crippen molar-refractivity contribution >= 4 is 23.2 Å². The normalized spacial score (nSPS) is 10.8. The van der Waals surface area contributed by atoms with Gasteiger partial charge in [-0.15, -0.1) is 16.4 Å². The van der Waals surface area contributed by atoms with Crippen LogP contribution in [0.4, 0.5) is 0 Å². The second-order valence-corrected chi connectivity index (χ2v) is 5.83. The molecular weight excluding hydrogens is 292 g/mol. The second kappa shape index (κ2) is 6.49. The van der Waals surface area contributed by atoms with Gasteiger partial charge in [-0.05, 0) is 25.3 Å². The molecule has 0 aliphatic carbocycles. The molecule has 0 radical (unpaired) electrons. The number of hydrogen-bond donors (Lipinski definition) is 1. The summed E-state index contributed by atoms with van der Waals surface area (Å²) in [5, 5.41) is 18.1. The second-order valence-electron chi connectivity index (χ2n) is 4.80. The highest BCUT2D eigenvalue weighted by Crippen LogP contribution is 2.16. The molecule has 0 aliphatic rings. The quantitative estimate of drug-likeness (QED) is 0.873. The number of carboxylic acid groups (broad SMARTS) is 1. The van der Waals surface area contributed by atoms with E-state index in [9.17, 15) is 9.59 Å². The number of aromatic nitrogens is 3. The Labute approximate surface area is 125 Å². The van der Waals surface area contributed by atoms with E-state index in [4.69, 9.17) is 5.11 Å². The first-order valence-corrected chi connectivity index (χ1v) is 7.30. The van der Waals surface area contributed by atoms with Crippen LogP contribution in [0.25, 0.3) is 0 Å². The highest BCUT2D eigenvalue weighted by atomic mass is 32.1. The highest BCUT2D eigenvalue weighted by Gasteiger charge is 2.22. The number of amides is 1. The van der Waals surface area contributed by atoms with Gasteiger partial charge < -0.3 is 10.0 Å². The molecule has 2 heterocycles. The number of carbonyl (C=O) groups is 2. The van der Waals surface area contributed by atoms with Crippen molar-refractivity contribution < 1.29 is 14.7 Å². The molecule has 0 aromatic carbocycles. The molecule has 0 aliphatic heterocycles. The largest absolute Gasteiger partial charge is 0.480 e. The summed E-state index contributed by atoms with van der Waals surface area (Å²) in [6, 6.07) is 3.91. The summed E-state index contributed by atoms with van der Waals surface area (Å²) in [6.45, 7) is 4.03. The first-order valence-electron chi connectivity index (χ1n) is 6.42. The van der Waals surface area contributed by atoms with Crippen LogP contribution in [0.2, 0.25) is 0 Å². The number of hydrogen-bond acceptors (Lipinski definition) is 5. The molecule has 2 rings (SSSR count). The molecule has 1 amide bonds. The van der Waals surface area contributed by atoms with E-state index in [1.165, 1.54) is 6.20 Å². The molecule has 7 nitrogen and oxygen atoms in total. The number of aliphatic carboxylic acids is 1. The van der Waals surface area contributed by atoms with Crippen LogP contribution in [0.5, 0.6) is 0 Å². The number of nitrogens with zero attached hydrogens (tertiary/aromatic N) is 4. The van der Waals surface area contributed by atoms with E-state index >= 15 is 0 Å². The van der Waals surface area contributed by atoms with Gasteiger partial charge in [0.2, 0.25) is 0 Å². The summed E-state index contributed by atoms with van der Waals surface area (Å²) >= 11 is 1.58. The van der Waals surface area contributed by atoms with Crippen LogP contribution in [-0.2, 0) is 17.9 Å². The Hall–Kier alpha value is -2.22. The molecule has 0 fully saturated rings. The average Bonchev–Trinajstić information content (AvgIpc) is 3.05. The molecule has 8 heteroatoms. The van der Waals surface area contributed by atoms with Crippen molar-refractivity contribution in [2.75, 3.05) is 0 Å². The van der Waals surface area contributed by atoms with Gasteiger partial charge in [-0.3, -0.25) is 9.59 Å². The van der Waals surface area contributed by atoms with Crippen LogP contribution in [0.15, 0.2) is 23.7 Å². The topological polar surface area (TPSA) is 88.3 Å². The van der Waals surface area contributed by atoms with Crippen molar-refractivity contribution in [2.45, 2.75) is 33.0 Å². The average molecular weight is 308 g/mol. The zero-order valence-corrected chi connectivity index (χ0v) is 12.6. The van der Waals surface area contributed by atoms with Crippen LogP contribution in [0, 0.1) is 0 Å². The van der Waals surface area contributed by atoms with Crippen LogP contribution in [0.1, 0.15) is 29.2 Å². The van der Waals surface area contributed by atoms with Gasteiger partial charge in [-0.2, -0.15) is 0 Å². The molecule has 0 bridgehead atoms. The Morgan fingerprint density at radius 3 is 2.81 bits per heavy atom. The molecule has 0 saturated heterocycles. The SMILES string of the molecule is CC(C)N(Cc1cccs1)C(=O)c1cn(CC(=O)O)nn1. The minimum atomic E-state index is -1.03. The minimum absolute atomic E-state index is 0.00391. The maximum Gasteiger partial charge on any atom is 0.325 e. The van der Waals surface area contributed by atoms with Crippen LogP contribution >= 0.6 is 11.3 Å². The Morgan fingerprint density at radius 2 is 2.24 bits per heavy atom. The number of thiophene rings is 1. The maximum absolute atomic E-state index is 12.5. The lowest BCUT2D eigenvalue weighted by atomic mass is 10.2. The van der Waals surface area contributed by atoms with Gasteiger partial charge in [0.05, 0.1) is 12.7 Å². The third-order valence-corrected chi connectivity index (χ3v) is 3.71. The van der Waals surface area contributed by atoms with Gasteiger partial charge in [0.25, 0.3) is 5.91 Å². The highest BCUT2D eigenvalue weighted by molar-refractivity contribution is 7.09. The predicted octanol–water partition coefficient (Wildman–Crippen LogP) is 1.48. The molecule has 0 atom stereocenters. The Bertz CT molecular complexity index is 621. The van der Waals surface area contributed by atoms with Crippen molar-refractivity contribution in [3.63, 3.8) is 0 Å². The number of carbonyl (C=O) groups excluding carboxylic acids is 1. The Kier molecular flexibility index (Phi) is 4.69. The standard InChI is InChI=1S/C13H16N4O3S/c1-9(2)17(6-10-4-3-5-21-10)13(20)11-7-16(15-14-11)8-12(18)19/h3-5,7,9H,6,8H2,1-2H3,(H,18,19). The fourth-order valence-corrected chi connectivity index (χ4v) is 2.52. The maximum atomic E-state index is 12.5. The molecular formula is C13H16N4O3S. The molecule has 1 N–H and O–H groups in total. The van der Waals surface area contributed by atoms with Gasteiger partial charge in [0.15, 0.2) is 5.69 Å². The molecule has 2 aromatic heterocycles. The van der Waals surface area contributed by atoms with E-state index in [2.05, 4.69) is 10.3 Å². The Morgan fingerprint density at radius 1 is 1.48 bits per heavy atom. The van der Waals surface area contributed by atoms with Gasteiger partial charge in [-0.25, -0.2) is 4.68 Å². The molecule has 0 spiro atoms. The molecule has 112 valence electrons. The smallest absolute Gasteiger partial charge is 0.325 e. The monoisotopic (exact) mass is 308 g/mol. The molecule has 21 heavy (non-hydrogen) atoms. The van der Waals surface area contributed by atoms with Crippen molar-refractivity contribution in [1.29, 1.82) is 0 Å². The summed E-state index contributed by atoms with van der Waals surface area (Å²) < 4.78 is 1.14. The summed E-state index contributed by atoms with van der Waals surface area (Å²) in [5.74, 6) is -1.28. The Balaban J connectivity index is 2.14. The zero-order valence-electron chi connectivity index (χ0n) is 11.8. The summed E-state index contributed by atoms with van der Waals surface area (Å²) in [4.78, 5) is 25.9. The van der Waals surface area contributed by atoms with Gasteiger partial charge in [0, 0.05) is 10.9 Å². The summed E-state index contributed by atoms with van der Waals surface area (Å²) in [6.07, 6.45) is 1.36. The van der Waals surface area contributed by atoms with Crippen LogP contribution in [0.3, 0.4) is 0 Å². The van der Waals surface area contributed by atoms with Crippen LogP contribution < -0.4 is 0 Å². The lowest BCUT2D eigenvalue weighted by molar-refractivity contribution is -0.137. The van der Waals surface area contributed by atoms with Crippen LogP contribution in [-0.4, -0.2) is 42.9 Å². The van der Waals surface area contributed by atoms with Crippen molar-refractivity contribution in [1.82, 2.24) is 19.9 Å². The summed E-state index contributed by atoms with van der Waals surface area (Å²) in [7, 11) is 0. The fourth-order valence-electron chi connectivity index (χ4n) is 1.82. The number of rotatable bonds is 6. The molecule has 0 unspecified atom stereocenters. The van der Waals surface area contributed by atoms with Gasteiger partial charge in [0.1, 0.15) is 6.54 Å². The van der Waals surface area contributed by atoms with Crippen molar-refractivity contribution in [2.24, 2.45) is 0 Å². The third-order valence-electron chi connectivity index (χ3n) is 2.85. The van der Waals surface area contributed by atoms with Crippen molar-refractivity contribution in [3.05, 3.63) is 34.3 Å². The first-order chi connectivity index (χ1) is 9.97. The summed E-state index contributed by atoms with van der Waals surface area (Å²) in [5.41, 5.74) is 0.154. The molecule has 0 saturated carbocycles. The van der Waals surface area contributed by atoms with Crippen molar-refractivity contribution in [3.8, 4) is 0 Å². The third kappa shape index (κ3) is 3.88. The zero-order chi connectivity index (χ0) is 15.4. The van der Waals surface area contributed by atoms with E-state index < -0.39 is 5.97 Å². The minimum Gasteiger partial charge on any atom is -0.480 e. The van der Waals surface area contributed by atoms with Gasteiger partial charge in [-0.1, -0.05) is 11.3 Å².